The van der Waals surface area contributed by atoms with E-state index in [1.807, 2.05) is 27.7 Å². The number of esters is 1. The van der Waals surface area contributed by atoms with Crippen LogP contribution >= 0.6 is 0 Å². The van der Waals surface area contributed by atoms with Gasteiger partial charge >= 0.3 is 5.97 Å². The molecule has 2 heterocycles. The monoisotopic (exact) mass is 498 g/mol. The highest BCUT2D eigenvalue weighted by Crippen LogP contribution is 2.46. The first-order chi connectivity index (χ1) is 16.5. The maximum atomic E-state index is 14.5. The Hall–Kier alpha value is -1.77. The molecule has 2 fully saturated rings. The van der Waals surface area contributed by atoms with Crippen LogP contribution in [-0.4, -0.2) is 44.3 Å². The third kappa shape index (κ3) is 7.61. The van der Waals surface area contributed by atoms with Crippen LogP contribution in [0.4, 0.5) is 8.78 Å². The molecule has 0 radical (unpaired) electrons. The predicted octanol–water partition coefficient (Wildman–Crippen LogP) is 6.04. The van der Waals surface area contributed by atoms with Gasteiger partial charge in [0.15, 0.2) is 17.9 Å². The topological polar surface area (TPSA) is 63.2 Å². The van der Waals surface area contributed by atoms with Crippen molar-refractivity contribution in [3.8, 4) is 5.75 Å². The smallest absolute Gasteiger partial charge is 0.332 e. The van der Waals surface area contributed by atoms with E-state index in [4.69, 9.17) is 23.7 Å². The lowest BCUT2D eigenvalue weighted by atomic mass is 9.72. The largest absolute Gasteiger partial charge is 0.462 e. The zero-order valence-electron chi connectivity index (χ0n) is 21.7. The van der Waals surface area contributed by atoms with E-state index in [2.05, 4.69) is 6.92 Å². The molecule has 8 heteroatoms. The minimum absolute atomic E-state index is 0.0853. The Morgan fingerprint density at radius 3 is 2.57 bits per heavy atom. The van der Waals surface area contributed by atoms with Gasteiger partial charge in [-0.2, -0.15) is 4.39 Å². The molecule has 2 saturated heterocycles. The van der Waals surface area contributed by atoms with Crippen LogP contribution in [0.3, 0.4) is 0 Å². The Morgan fingerprint density at radius 1 is 1.20 bits per heavy atom. The van der Waals surface area contributed by atoms with Crippen LogP contribution in [0.1, 0.15) is 85.1 Å². The van der Waals surface area contributed by atoms with Crippen molar-refractivity contribution in [2.24, 2.45) is 5.41 Å². The molecule has 0 bridgehead atoms. The summed E-state index contributed by atoms with van der Waals surface area (Å²) in [6.45, 7) is 10.8. The second-order valence-corrected chi connectivity index (χ2v) is 10.9. The highest BCUT2D eigenvalue weighted by molar-refractivity contribution is 5.71. The van der Waals surface area contributed by atoms with Crippen molar-refractivity contribution >= 4 is 5.97 Å². The second kappa shape index (κ2) is 11.5. The molecule has 3 atom stereocenters. The number of rotatable bonds is 9. The van der Waals surface area contributed by atoms with Gasteiger partial charge in [0.25, 0.3) is 0 Å². The summed E-state index contributed by atoms with van der Waals surface area (Å²) in [5, 5.41) is 0. The molecular weight excluding hydrogens is 458 g/mol. The summed E-state index contributed by atoms with van der Waals surface area (Å²) >= 11 is 0. The number of halogens is 2. The lowest BCUT2D eigenvalue weighted by Crippen LogP contribution is -2.41. The third-order valence-corrected chi connectivity index (χ3v) is 7.00. The molecule has 0 amide bonds. The number of hydrogen-bond donors (Lipinski definition) is 0. The molecule has 1 aromatic carbocycles. The summed E-state index contributed by atoms with van der Waals surface area (Å²) in [5.74, 6) is -2.49. The van der Waals surface area contributed by atoms with E-state index >= 15 is 0 Å². The molecule has 0 aliphatic carbocycles. The molecule has 0 N–H and O–H groups in total. The van der Waals surface area contributed by atoms with Gasteiger partial charge in [-0.1, -0.05) is 6.92 Å². The average Bonchev–Trinajstić information content (AvgIpc) is 2.80. The van der Waals surface area contributed by atoms with Crippen LogP contribution in [-0.2, 0) is 29.3 Å². The average molecular weight is 499 g/mol. The van der Waals surface area contributed by atoms with Crippen LogP contribution in [0.15, 0.2) is 12.1 Å². The molecular formula is C27H40F2O6. The second-order valence-electron chi connectivity index (χ2n) is 10.9. The highest BCUT2D eigenvalue weighted by Gasteiger charge is 2.42. The van der Waals surface area contributed by atoms with Crippen LogP contribution in [0.5, 0.6) is 5.75 Å². The molecule has 3 rings (SSSR count). The molecule has 6 nitrogen and oxygen atoms in total. The molecule has 2 aliphatic heterocycles. The standard InChI is InChI=1S/C27H40F2O6/c1-6-27(12-14-31-17-22(30)35-25(2,3)4)11-10-26(5,33-18-27)19-15-20(28)24(29)21(16-19)34-23-9-7-8-13-32-23/h15-16,23H,6-14,17-18H2,1-5H3. The van der Waals surface area contributed by atoms with Gasteiger partial charge in [-0.05, 0) is 89.3 Å². The fraction of sp³-hybridized carbons (Fsp3) is 0.741. The van der Waals surface area contributed by atoms with Crippen molar-refractivity contribution in [2.45, 2.75) is 97.1 Å². The molecule has 2 aliphatic rings. The Labute approximate surface area is 207 Å². The van der Waals surface area contributed by atoms with E-state index < -0.39 is 29.1 Å². The maximum Gasteiger partial charge on any atom is 0.332 e. The summed E-state index contributed by atoms with van der Waals surface area (Å²) in [6, 6.07) is 2.74. The van der Waals surface area contributed by atoms with Gasteiger partial charge in [0.2, 0.25) is 5.82 Å². The Kier molecular flexibility index (Phi) is 9.16. The molecule has 0 spiro atoms. The number of carbonyl (C=O) groups excluding carboxylic acids is 1. The van der Waals surface area contributed by atoms with Gasteiger partial charge in [0, 0.05) is 13.0 Å². The van der Waals surface area contributed by atoms with Gasteiger partial charge in [-0.3, -0.25) is 0 Å². The normalized spacial score (nSPS) is 27.5. The van der Waals surface area contributed by atoms with Crippen LogP contribution in [0.25, 0.3) is 0 Å². The number of hydrogen-bond acceptors (Lipinski definition) is 6. The minimum Gasteiger partial charge on any atom is -0.462 e. The summed E-state index contributed by atoms with van der Waals surface area (Å²) in [7, 11) is 0. The quantitative estimate of drug-likeness (QED) is 0.306. The lowest BCUT2D eigenvalue weighted by molar-refractivity contribution is -0.161. The summed E-state index contributed by atoms with van der Waals surface area (Å²) in [6.07, 6.45) is 5.02. The van der Waals surface area contributed by atoms with Gasteiger partial charge in [-0.15, -0.1) is 0 Å². The first-order valence-electron chi connectivity index (χ1n) is 12.7. The molecule has 0 saturated carbocycles. The first-order valence-corrected chi connectivity index (χ1v) is 12.7. The zero-order chi connectivity index (χ0) is 25.7. The summed E-state index contributed by atoms with van der Waals surface area (Å²) in [4.78, 5) is 11.9. The van der Waals surface area contributed by atoms with Gasteiger partial charge in [0.05, 0.1) is 18.8 Å². The van der Waals surface area contributed by atoms with E-state index in [-0.39, 0.29) is 23.7 Å². The first kappa shape index (κ1) is 27.8. The fourth-order valence-corrected chi connectivity index (χ4v) is 4.56. The van der Waals surface area contributed by atoms with Crippen molar-refractivity contribution in [3.63, 3.8) is 0 Å². The Balaban J connectivity index is 1.59. The van der Waals surface area contributed by atoms with E-state index in [0.717, 1.165) is 32.1 Å². The third-order valence-electron chi connectivity index (χ3n) is 7.00. The van der Waals surface area contributed by atoms with Crippen molar-refractivity contribution < 1.29 is 37.3 Å². The van der Waals surface area contributed by atoms with Crippen molar-refractivity contribution in [1.82, 2.24) is 0 Å². The predicted molar refractivity (Wildman–Crippen MR) is 127 cm³/mol. The fourth-order valence-electron chi connectivity index (χ4n) is 4.56. The Morgan fingerprint density at radius 2 is 1.97 bits per heavy atom. The number of ether oxygens (including phenoxy) is 5. The van der Waals surface area contributed by atoms with Crippen LogP contribution in [0, 0.1) is 17.0 Å². The van der Waals surface area contributed by atoms with Crippen molar-refractivity contribution in [3.05, 3.63) is 29.3 Å². The molecule has 0 aromatic heterocycles. The van der Waals surface area contributed by atoms with Crippen LogP contribution < -0.4 is 4.74 Å². The van der Waals surface area contributed by atoms with Gasteiger partial charge in [0.1, 0.15) is 12.2 Å². The molecule has 1 aromatic rings. The van der Waals surface area contributed by atoms with Crippen molar-refractivity contribution in [1.29, 1.82) is 0 Å². The Bertz CT molecular complexity index is 852. The maximum absolute atomic E-state index is 14.5. The van der Waals surface area contributed by atoms with Gasteiger partial charge in [-0.25, -0.2) is 9.18 Å². The van der Waals surface area contributed by atoms with Crippen molar-refractivity contribution in [2.75, 3.05) is 26.4 Å². The molecule has 3 unspecified atom stereocenters. The van der Waals surface area contributed by atoms with E-state index in [1.165, 1.54) is 6.07 Å². The van der Waals surface area contributed by atoms with E-state index in [1.54, 1.807) is 6.07 Å². The zero-order valence-corrected chi connectivity index (χ0v) is 21.7. The van der Waals surface area contributed by atoms with Crippen LogP contribution in [0.2, 0.25) is 0 Å². The molecule has 35 heavy (non-hydrogen) atoms. The lowest BCUT2D eigenvalue weighted by Gasteiger charge is -2.45. The van der Waals surface area contributed by atoms with E-state index in [9.17, 15) is 13.6 Å². The molecule has 198 valence electrons. The SMILES string of the molecule is CCC1(CCOCC(=O)OC(C)(C)C)CCC(C)(c2cc(F)c(F)c(OC3CCCCO3)c2)OC1. The van der Waals surface area contributed by atoms with E-state index in [0.29, 0.717) is 38.2 Å². The summed E-state index contributed by atoms with van der Waals surface area (Å²) < 4.78 is 57.4. The number of benzene rings is 1. The minimum atomic E-state index is -1.01. The summed E-state index contributed by atoms with van der Waals surface area (Å²) in [5.41, 5.74) is -0.869. The highest BCUT2D eigenvalue weighted by atomic mass is 19.2. The number of carbonyl (C=O) groups is 1. The van der Waals surface area contributed by atoms with Gasteiger partial charge < -0.3 is 23.7 Å².